The van der Waals surface area contributed by atoms with E-state index in [9.17, 15) is 0 Å². The molecule has 0 saturated heterocycles. The fourth-order valence-corrected chi connectivity index (χ4v) is 2.37. The maximum Gasteiger partial charge on any atom is 0.106 e. The monoisotopic (exact) mass is 227 g/mol. The molecule has 1 fully saturated rings. The second-order valence-corrected chi connectivity index (χ2v) is 4.79. The van der Waals surface area contributed by atoms with Gasteiger partial charge in [-0.1, -0.05) is 0 Å². The van der Waals surface area contributed by atoms with E-state index in [0.29, 0.717) is 18.7 Å². The number of hydrogen-bond acceptors (Lipinski definition) is 5. The van der Waals surface area contributed by atoms with Crippen LogP contribution in [0.25, 0.3) is 0 Å². The lowest BCUT2D eigenvalue weighted by atomic mass is 9.89. The van der Waals surface area contributed by atoms with Crippen molar-refractivity contribution in [3.63, 3.8) is 0 Å². The zero-order chi connectivity index (χ0) is 10.7. The van der Waals surface area contributed by atoms with Crippen molar-refractivity contribution in [2.45, 2.75) is 38.1 Å². The molecule has 0 unspecified atom stereocenters. The Bertz CT molecular complexity index is 309. The van der Waals surface area contributed by atoms with E-state index >= 15 is 0 Å². The van der Waals surface area contributed by atoms with Gasteiger partial charge in [-0.25, -0.2) is 4.98 Å². The number of ether oxygens (including phenoxy) is 1. The topological polar surface area (TPSA) is 60.2 Å². The van der Waals surface area contributed by atoms with Gasteiger partial charge in [0.1, 0.15) is 5.01 Å². The van der Waals surface area contributed by atoms with Crippen LogP contribution in [0.4, 0.5) is 0 Å². The van der Waals surface area contributed by atoms with Crippen molar-refractivity contribution in [1.29, 1.82) is 0 Å². The molecule has 1 aliphatic carbocycles. The molecular weight excluding hydrogens is 210 g/mol. The quantitative estimate of drug-likeness (QED) is 0.783. The Morgan fingerprint density at radius 3 is 3.07 bits per heavy atom. The molecule has 0 spiro atoms. The second-order valence-electron chi connectivity index (χ2n) is 3.84. The van der Waals surface area contributed by atoms with Crippen molar-refractivity contribution < 1.29 is 4.74 Å². The van der Waals surface area contributed by atoms with Crippen molar-refractivity contribution in [3.05, 3.63) is 16.1 Å². The van der Waals surface area contributed by atoms with Crippen LogP contribution in [0.3, 0.4) is 0 Å². The largest absolute Gasteiger partial charge is 0.381 e. The lowest BCUT2D eigenvalue weighted by Crippen LogP contribution is -2.44. The van der Waals surface area contributed by atoms with Gasteiger partial charge in [0.15, 0.2) is 0 Å². The third kappa shape index (κ3) is 2.75. The van der Waals surface area contributed by atoms with E-state index in [1.54, 1.807) is 18.4 Å². The van der Waals surface area contributed by atoms with Crippen molar-refractivity contribution in [3.8, 4) is 0 Å². The molecule has 1 aromatic rings. The highest BCUT2D eigenvalue weighted by atomic mass is 32.1. The normalized spacial score (nSPS) is 25.2. The van der Waals surface area contributed by atoms with Crippen LogP contribution < -0.4 is 11.1 Å². The number of nitrogens with zero attached hydrogens (tertiary/aromatic N) is 1. The zero-order valence-corrected chi connectivity index (χ0v) is 9.72. The summed E-state index contributed by atoms with van der Waals surface area (Å²) >= 11 is 1.63. The lowest BCUT2D eigenvalue weighted by molar-refractivity contribution is 0.0169. The summed E-state index contributed by atoms with van der Waals surface area (Å²) in [6.45, 7) is 1.39. The van der Waals surface area contributed by atoms with Crippen LogP contribution in [-0.4, -0.2) is 24.2 Å². The first kappa shape index (κ1) is 11.0. The molecule has 0 atom stereocenters. The summed E-state index contributed by atoms with van der Waals surface area (Å²) in [5.41, 5.74) is 6.60. The number of aromatic nitrogens is 1. The first-order chi connectivity index (χ1) is 7.31. The van der Waals surface area contributed by atoms with E-state index in [1.807, 2.05) is 0 Å². The fourth-order valence-electron chi connectivity index (χ4n) is 1.70. The summed E-state index contributed by atoms with van der Waals surface area (Å²) in [6, 6.07) is 0.595. The Labute approximate surface area is 93.8 Å². The molecule has 2 rings (SSSR count). The Balaban J connectivity index is 1.70. The minimum Gasteiger partial charge on any atom is -0.381 e. The van der Waals surface area contributed by atoms with Gasteiger partial charge in [0.05, 0.1) is 11.8 Å². The maximum absolute atomic E-state index is 5.50. The third-order valence-corrected chi connectivity index (χ3v) is 3.69. The van der Waals surface area contributed by atoms with Crippen molar-refractivity contribution >= 4 is 11.3 Å². The Morgan fingerprint density at radius 2 is 2.47 bits per heavy atom. The number of rotatable bonds is 5. The summed E-state index contributed by atoms with van der Waals surface area (Å²) in [5, 5.41) is 6.54. The summed E-state index contributed by atoms with van der Waals surface area (Å²) in [4.78, 5) is 4.40. The highest BCUT2D eigenvalue weighted by Crippen LogP contribution is 2.22. The molecule has 1 aromatic heterocycles. The van der Waals surface area contributed by atoms with Gasteiger partial charge in [0, 0.05) is 31.6 Å². The van der Waals surface area contributed by atoms with Crippen LogP contribution in [0.2, 0.25) is 0 Å². The highest BCUT2D eigenvalue weighted by Gasteiger charge is 2.28. The Kier molecular flexibility index (Phi) is 3.69. The molecule has 3 N–H and O–H groups in total. The van der Waals surface area contributed by atoms with Crippen molar-refractivity contribution in [2.24, 2.45) is 5.73 Å². The lowest BCUT2D eigenvalue weighted by Gasteiger charge is -2.34. The molecule has 5 heteroatoms. The fraction of sp³-hybridized carbons (Fsp3) is 0.700. The van der Waals surface area contributed by atoms with Crippen LogP contribution in [0.5, 0.6) is 0 Å². The van der Waals surface area contributed by atoms with Gasteiger partial charge in [0.25, 0.3) is 0 Å². The van der Waals surface area contributed by atoms with E-state index in [4.69, 9.17) is 10.5 Å². The van der Waals surface area contributed by atoms with Crippen LogP contribution >= 0.6 is 11.3 Å². The highest BCUT2D eigenvalue weighted by molar-refractivity contribution is 7.09. The SMILES string of the molecule is COC1CC(NCc2csc(CN)n2)C1. The average Bonchev–Trinajstić information content (AvgIpc) is 2.64. The molecular formula is C10H17N3OS. The van der Waals surface area contributed by atoms with E-state index in [0.717, 1.165) is 30.1 Å². The molecule has 0 radical (unpaired) electrons. The van der Waals surface area contributed by atoms with Gasteiger partial charge >= 0.3 is 0 Å². The predicted molar refractivity (Wildman–Crippen MR) is 60.7 cm³/mol. The molecule has 1 heterocycles. The van der Waals surface area contributed by atoms with Crippen molar-refractivity contribution in [2.75, 3.05) is 7.11 Å². The number of methoxy groups -OCH3 is 1. The van der Waals surface area contributed by atoms with Gasteiger partial charge in [0.2, 0.25) is 0 Å². The zero-order valence-electron chi connectivity index (χ0n) is 8.90. The summed E-state index contributed by atoms with van der Waals surface area (Å²) < 4.78 is 5.22. The standard InChI is InChI=1S/C10H17N3OS/c1-14-9-2-7(3-9)12-5-8-6-15-10(4-11)13-8/h6-7,9,12H,2-5,11H2,1H3. The summed E-state index contributed by atoms with van der Waals surface area (Å²) in [5.74, 6) is 0. The number of nitrogens with one attached hydrogen (secondary N) is 1. The average molecular weight is 227 g/mol. The molecule has 0 aliphatic heterocycles. The summed E-state index contributed by atoms with van der Waals surface area (Å²) in [6.07, 6.45) is 2.69. The van der Waals surface area contributed by atoms with E-state index < -0.39 is 0 Å². The summed E-state index contributed by atoms with van der Waals surface area (Å²) in [7, 11) is 1.77. The molecule has 0 aromatic carbocycles. The molecule has 0 amide bonds. The minimum absolute atomic E-state index is 0.456. The maximum atomic E-state index is 5.50. The first-order valence-corrected chi connectivity index (χ1v) is 6.09. The minimum atomic E-state index is 0.456. The molecule has 84 valence electrons. The van der Waals surface area contributed by atoms with Gasteiger partial charge < -0.3 is 15.8 Å². The van der Waals surface area contributed by atoms with Crippen LogP contribution in [0.15, 0.2) is 5.38 Å². The predicted octanol–water partition coefficient (Wildman–Crippen LogP) is 0.869. The molecule has 15 heavy (non-hydrogen) atoms. The second kappa shape index (κ2) is 5.03. The first-order valence-electron chi connectivity index (χ1n) is 5.21. The van der Waals surface area contributed by atoms with Crippen molar-refractivity contribution in [1.82, 2.24) is 10.3 Å². The van der Waals surface area contributed by atoms with Crippen LogP contribution in [-0.2, 0) is 17.8 Å². The van der Waals surface area contributed by atoms with E-state index in [2.05, 4.69) is 15.7 Å². The number of hydrogen-bond donors (Lipinski definition) is 2. The van der Waals surface area contributed by atoms with Crippen LogP contribution in [0.1, 0.15) is 23.5 Å². The van der Waals surface area contributed by atoms with Gasteiger partial charge in [-0.05, 0) is 12.8 Å². The van der Waals surface area contributed by atoms with Gasteiger partial charge in [-0.3, -0.25) is 0 Å². The van der Waals surface area contributed by atoms with E-state index in [1.165, 1.54) is 0 Å². The Hall–Kier alpha value is -0.490. The van der Waals surface area contributed by atoms with E-state index in [-0.39, 0.29) is 0 Å². The smallest absolute Gasteiger partial charge is 0.106 e. The third-order valence-electron chi connectivity index (χ3n) is 2.77. The number of thiazole rings is 1. The van der Waals surface area contributed by atoms with Gasteiger partial charge in [-0.15, -0.1) is 11.3 Å². The van der Waals surface area contributed by atoms with Gasteiger partial charge in [-0.2, -0.15) is 0 Å². The number of nitrogens with two attached hydrogens (primary N) is 1. The van der Waals surface area contributed by atoms with Crippen LogP contribution in [0, 0.1) is 0 Å². The Morgan fingerprint density at radius 1 is 1.67 bits per heavy atom. The molecule has 0 bridgehead atoms. The molecule has 4 nitrogen and oxygen atoms in total. The molecule has 1 aliphatic rings. The molecule has 1 saturated carbocycles.